The number of β-lactam (4-membered cyclic amide) rings is 1. The van der Waals surface area contributed by atoms with E-state index in [1.807, 2.05) is 0 Å². The second-order valence-electron chi connectivity index (χ2n) is 7.07. The molecule has 11 nitrogen and oxygen atoms in total. The van der Waals surface area contributed by atoms with Gasteiger partial charge in [-0.25, -0.2) is 4.79 Å². The number of fused-ring (bicyclic) bond motifs is 1. The zero-order valence-electron chi connectivity index (χ0n) is 16.4. The number of hydrogen-bond donors (Lipinski definition) is 5. The van der Waals surface area contributed by atoms with Gasteiger partial charge in [-0.15, -0.1) is 11.8 Å². The molecule has 0 saturated carbocycles. The highest BCUT2D eigenvalue weighted by Gasteiger charge is 2.54. The molecule has 0 spiro atoms. The van der Waals surface area contributed by atoms with Crippen LogP contribution in [-0.4, -0.2) is 73.1 Å². The normalized spacial score (nSPS) is 28.3. The Balaban J connectivity index is 1.40. The molecule has 0 radical (unpaired) electrons. The maximum Gasteiger partial charge on any atom is 0.352 e. The molecule has 4 unspecified atom stereocenters. The second-order valence-corrected chi connectivity index (χ2v) is 10.2. The summed E-state index contributed by atoms with van der Waals surface area (Å²) in [5.74, 6) is -2.17. The van der Waals surface area contributed by atoms with Crippen molar-refractivity contribution in [2.45, 2.75) is 29.4 Å². The Hall–Kier alpha value is -2.42. The SMILES string of the molecule is N=C(C(=O)NC1C(=O)N2C(C(=O)O)=C(CSC(=O)C3CC=CO3)CSC12)C1=CSC(N)N1. The minimum Gasteiger partial charge on any atom is -0.489 e. The first-order chi connectivity index (χ1) is 15.3. The van der Waals surface area contributed by atoms with Crippen LogP contribution in [0.1, 0.15) is 6.42 Å². The van der Waals surface area contributed by atoms with E-state index < -0.39 is 40.8 Å². The van der Waals surface area contributed by atoms with Gasteiger partial charge in [0, 0.05) is 17.9 Å². The van der Waals surface area contributed by atoms with E-state index in [1.54, 1.807) is 11.5 Å². The van der Waals surface area contributed by atoms with Gasteiger partial charge in [0.05, 0.1) is 12.0 Å². The van der Waals surface area contributed by atoms with Crippen molar-refractivity contribution in [3.05, 3.63) is 34.7 Å². The number of amides is 2. The maximum atomic E-state index is 12.7. The van der Waals surface area contributed by atoms with Crippen LogP contribution >= 0.6 is 35.3 Å². The maximum absolute atomic E-state index is 12.7. The van der Waals surface area contributed by atoms with Crippen molar-refractivity contribution in [2.24, 2.45) is 5.73 Å². The summed E-state index contributed by atoms with van der Waals surface area (Å²) in [6.07, 6.45) is 3.11. The third-order valence-corrected chi connectivity index (χ3v) is 8.17. The average molecular weight is 498 g/mol. The van der Waals surface area contributed by atoms with E-state index in [-0.39, 0.29) is 28.0 Å². The molecule has 4 rings (SSSR count). The molecule has 0 bridgehead atoms. The van der Waals surface area contributed by atoms with E-state index in [0.29, 0.717) is 17.7 Å². The summed E-state index contributed by atoms with van der Waals surface area (Å²) in [7, 11) is 0. The Labute approximate surface area is 195 Å². The van der Waals surface area contributed by atoms with Crippen LogP contribution < -0.4 is 16.4 Å². The van der Waals surface area contributed by atoms with Gasteiger partial charge in [0.15, 0.2) is 6.10 Å². The fourth-order valence-corrected chi connectivity index (χ4v) is 6.44. The van der Waals surface area contributed by atoms with Crippen LogP contribution in [0.3, 0.4) is 0 Å². The first-order valence-corrected chi connectivity index (χ1v) is 12.4. The zero-order chi connectivity index (χ0) is 23.0. The minimum absolute atomic E-state index is 0.128. The van der Waals surface area contributed by atoms with Gasteiger partial charge in [-0.05, 0) is 17.1 Å². The van der Waals surface area contributed by atoms with Crippen molar-refractivity contribution < 1.29 is 29.0 Å². The number of carbonyl (C=O) groups excluding carboxylic acids is 3. The van der Waals surface area contributed by atoms with E-state index in [1.165, 1.54) is 29.8 Å². The molecular weight excluding hydrogens is 478 g/mol. The molecule has 1 saturated heterocycles. The van der Waals surface area contributed by atoms with Crippen LogP contribution in [0.4, 0.5) is 0 Å². The van der Waals surface area contributed by atoms with E-state index in [9.17, 15) is 24.3 Å². The monoisotopic (exact) mass is 497 g/mol. The Bertz CT molecular complexity index is 988. The summed E-state index contributed by atoms with van der Waals surface area (Å²) < 4.78 is 5.18. The Kier molecular flexibility index (Phi) is 6.55. The average Bonchev–Trinajstić information content (AvgIpc) is 3.46. The van der Waals surface area contributed by atoms with Crippen molar-refractivity contribution >= 4 is 63.9 Å². The molecule has 170 valence electrons. The number of nitrogens with zero attached hydrogens (tertiary/aromatic N) is 1. The number of nitrogens with one attached hydrogen (secondary N) is 3. The first kappa shape index (κ1) is 22.8. The van der Waals surface area contributed by atoms with Gasteiger partial charge >= 0.3 is 5.97 Å². The van der Waals surface area contributed by atoms with Gasteiger partial charge in [0.2, 0.25) is 5.12 Å². The molecule has 0 aromatic rings. The molecule has 1 fully saturated rings. The number of carboxylic acid groups (broad SMARTS) is 1. The summed E-state index contributed by atoms with van der Waals surface area (Å²) in [4.78, 5) is 50.4. The molecule has 32 heavy (non-hydrogen) atoms. The highest BCUT2D eigenvalue weighted by Crippen LogP contribution is 2.41. The number of rotatable bonds is 7. The highest BCUT2D eigenvalue weighted by molar-refractivity contribution is 8.14. The summed E-state index contributed by atoms with van der Waals surface area (Å²) >= 11 is 3.48. The van der Waals surface area contributed by atoms with Gasteiger partial charge in [-0.1, -0.05) is 23.5 Å². The molecule has 2 amide bonds. The minimum atomic E-state index is -1.27. The third-order valence-electron chi connectivity index (χ3n) is 5.00. The molecule has 4 heterocycles. The number of thioether (sulfide) groups is 3. The molecule has 4 aliphatic rings. The van der Waals surface area contributed by atoms with Gasteiger partial charge in [-0.2, -0.15) is 0 Å². The standard InChI is InChI=1S/C18H19N5O6S3/c19-10(8-6-32-18(20)21-8)13(24)22-11-14(25)23-12(16(26)27)7(4-30-15(11)23)5-31-17(28)9-2-1-3-29-9/h1,3,6,9,11,15,18-19,21H,2,4-5,20H2,(H,22,24)(H,26,27). The number of hydrogen-bond acceptors (Lipinski definition) is 11. The van der Waals surface area contributed by atoms with Crippen LogP contribution in [0.5, 0.6) is 0 Å². The fraction of sp³-hybridized carbons (Fsp3) is 0.389. The highest BCUT2D eigenvalue weighted by atomic mass is 32.2. The van der Waals surface area contributed by atoms with Crippen LogP contribution in [-0.2, 0) is 23.9 Å². The fourth-order valence-electron chi connectivity index (χ4n) is 3.41. The number of nitrogens with two attached hydrogens (primary N) is 1. The summed E-state index contributed by atoms with van der Waals surface area (Å²) in [6, 6.07) is -0.945. The topological polar surface area (TPSA) is 175 Å². The van der Waals surface area contributed by atoms with E-state index in [2.05, 4.69) is 10.6 Å². The Morgan fingerprint density at radius 2 is 2.22 bits per heavy atom. The summed E-state index contributed by atoms with van der Waals surface area (Å²) in [5, 5.41) is 23.7. The lowest BCUT2D eigenvalue weighted by atomic mass is 10.0. The van der Waals surface area contributed by atoms with Crippen molar-refractivity contribution in [3.8, 4) is 0 Å². The predicted molar refractivity (Wildman–Crippen MR) is 120 cm³/mol. The molecule has 6 N–H and O–H groups in total. The first-order valence-electron chi connectivity index (χ1n) is 9.42. The van der Waals surface area contributed by atoms with E-state index in [4.69, 9.17) is 15.9 Å². The van der Waals surface area contributed by atoms with Crippen LogP contribution in [0.2, 0.25) is 0 Å². The summed E-state index contributed by atoms with van der Waals surface area (Å²) in [5.41, 5.74) is 5.42. The third kappa shape index (κ3) is 4.27. The Morgan fingerprint density at radius 3 is 2.84 bits per heavy atom. The van der Waals surface area contributed by atoms with Crippen LogP contribution in [0.25, 0.3) is 0 Å². The number of aliphatic carboxylic acids is 1. The largest absolute Gasteiger partial charge is 0.489 e. The van der Waals surface area contributed by atoms with E-state index >= 15 is 0 Å². The molecule has 4 atom stereocenters. The summed E-state index contributed by atoms with van der Waals surface area (Å²) in [6.45, 7) is 0. The predicted octanol–water partition coefficient (Wildman–Crippen LogP) is -0.273. The second kappa shape index (κ2) is 9.21. The molecule has 0 aromatic carbocycles. The van der Waals surface area contributed by atoms with Crippen LogP contribution in [0.15, 0.2) is 34.7 Å². The van der Waals surface area contributed by atoms with Crippen molar-refractivity contribution in [1.82, 2.24) is 15.5 Å². The van der Waals surface area contributed by atoms with Crippen molar-refractivity contribution in [3.63, 3.8) is 0 Å². The van der Waals surface area contributed by atoms with Crippen molar-refractivity contribution in [1.29, 1.82) is 5.41 Å². The lowest BCUT2D eigenvalue weighted by molar-refractivity contribution is -0.150. The molecule has 4 aliphatic heterocycles. The molecular formula is C18H19N5O6S3. The lowest BCUT2D eigenvalue weighted by Crippen LogP contribution is -2.71. The van der Waals surface area contributed by atoms with Gasteiger partial charge in [-0.3, -0.25) is 24.7 Å². The van der Waals surface area contributed by atoms with Gasteiger partial charge in [0.1, 0.15) is 28.3 Å². The van der Waals surface area contributed by atoms with E-state index in [0.717, 1.165) is 16.7 Å². The lowest BCUT2D eigenvalue weighted by Gasteiger charge is -2.49. The van der Waals surface area contributed by atoms with Gasteiger partial charge < -0.3 is 26.2 Å². The smallest absolute Gasteiger partial charge is 0.352 e. The number of ether oxygens (including phenoxy) is 1. The van der Waals surface area contributed by atoms with Crippen molar-refractivity contribution in [2.75, 3.05) is 11.5 Å². The zero-order valence-corrected chi connectivity index (χ0v) is 18.9. The van der Waals surface area contributed by atoms with Crippen LogP contribution in [0, 0.1) is 5.41 Å². The molecule has 0 aliphatic carbocycles. The number of carboxylic acids is 1. The molecule has 14 heteroatoms. The number of carbonyl (C=O) groups is 4. The molecule has 0 aromatic heterocycles. The van der Waals surface area contributed by atoms with Gasteiger partial charge in [0.25, 0.3) is 11.8 Å². The Morgan fingerprint density at radius 1 is 1.44 bits per heavy atom. The quantitative estimate of drug-likeness (QED) is 0.231.